The molecule has 0 amide bonds. The maximum atomic E-state index is 5.80. The topological polar surface area (TPSA) is 26.0 Å². The summed E-state index contributed by atoms with van der Waals surface area (Å²) in [5.74, 6) is 0. The molecule has 1 aromatic heterocycles. The van der Waals surface area contributed by atoms with Gasteiger partial charge >= 0.3 is 0 Å². The standard InChI is InChI=1S/C31H23NS/c32-20-21-9-11-25(12-10-21)27-7-4-8-30-31(27)28-19-26(17-18-29(28)33-30)24-15-13-23(14-16-24)22-5-2-1-3-6-22/h1-19H,20,32H2. The zero-order chi connectivity index (χ0) is 22.2. The van der Waals surface area contributed by atoms with Gasteiger partial charge in [0.25, 0.3) is 0 Å². The minimum atomic E-state index is 0.568. The first-order valence-corrected chi connectivity index (χ1v) is 12.0. The summed E-state index contributed by atoms with van der Waals surface area (Å²) in [7, 11) is 0. The second-order valence-electron chi connectivity index (χ2n) is 8.34. The highest BCUT2D eigenvalue weighted by Gasteiger charge is 2.12. The van der Waals surface area contributed by atoms with Crippen LogP contribution in [-0.4, -0.2) is 0 Å². The number of benzene rings is 5. The van der Waals surface area contributed by atoms with Crippen molar-refractivity contribution in [2.75, 3.05) is 0 Å². The molecule has 0 aliphatic heterocycles. The van der Waals surface area contributed by atoms with Gasteiger partial charge in [-0.25, -0.2) is 0 Å². The molecule has 0 unspecified atom stereocenters. The Hall–Kier alpha value is -3.72. The van der Waals surface area contributed by atoms with Crippen LogP contribution in [0.15, 0.2) is 115 Å². The molecule has 2 N–H and O–H groups in total. The molecular weight excluding hydrogens is 418 g/mol. The van der Waals surface area contributed by atoms with Crippen molar-refractivity contribution in [2.24, 2.45) is 5.73 Å². The van der Waals surface area contributed by atoms with Crippen LogP contribution in [0.5, 0.6) is 0 Å². The van der Waals surface area contributed by atoms with E-state index in [1.807, 2.05) is 11.3 Å². The SMILES string of the molecule is NCc1ccc(-c2cccc3sc4ccc(-c5ccc(-c6ccccc6)cc5)cc4c23)cc1. The van der Waals surface area contributed by atoms with E-state index < -0.39 is 0 Å². The predicted molar refractivity (Wildman–Crippen MR) is 144 cm³/mol. The van der Waals surface area contributed by atoms with Crippen molar-refractivity contribution in [3.63, 3.8) is 0 Å². The molecule has 0 bridgehead atoms. The first-order chi connectivity index (χ1) is 16.3. The minimum Gasteiger partial charge on any atom is -0.326 e. The molecule has 0 spiro atoms. The molecule has 0 aliphatic carbocycles. The van der Waals surface area contributed by atoms with Gasteiger partial charge in [-0.3, -0.25) is 0 Å². The molecule has 0 radical (unpaired) electrons. The molecule has 158 valence electrons. The van der Waals surface area contributed by atoms with Crippen molar-refractivity contribution in [3.8, 4) is 33.4 Å². The molecule has 0 aliphatic rings. The molecule has 0 saturated heterocycles. The van der Waals surface area contributed by atoms with Crippen LogP contribution in [0.1, 0.15) is 5.56 Å². The predicted octanol–water partition coefficient (Wildman–Crippen LogP) is 8.51. The van der Waals surface area contributed by atoms with E-state index in [4.69, 9.17) is 5.73 Å². The molecule has 0 saturated carbocycles. The lowest BCUT2D eigenvalue weighted by molar-refractivity contribution is 1.07. The zero-order valence-electron chi connectivity index (χ0n) is 18.2. The van der Waals surface area contributed by atoms with Crippen LogP contribution in [0.4, 0.5) is 0 Å². The van der Waals surface area contributed by atoms with Gasteiger partial charge in [0.05, 0.1) is 0 Å². The summed E-state index contributed by atoms with van der Waals surface area (Å²) in [5, 5.41) is 2.65. The fraction of sp³-hybridized carbons (Fsp3) is 0.0323. The van der Waals surface area contributed by atoms with Crippen LogP contribution in [-0.2, 0) is 6.54 Å². The van der Waals surface area contributed by atoms with Gasteiger partial charge in [0.1, 0.15) is 0 Å². The summed E-state index contributed by atoms with van der Waals surface area (Å²) in [5.41, 5.74) is 14.4. The van der Waals surface area contributed by atoms with Crippen LogP contribution in [0.2, 0.25) is 0 Å². The van der Waals surface area contributed by atoms with Crippen molar-refractivity contribution >= 4 is 31.5 Å². The van der Waals surface area contributed by atoms with Gasteiger partial charge in [0.15, 0.2) is 0 Å². The summed E-state index contributed by atoms with van der Waals surface area (Å²) in [6.45, 7) is 0.568. The third-order valence-electron chi connectivity index (χ3n) is 6.32. The van der Waals surface area contributed by atoms with E-state index in [1.165, 1.54) is 53.6 Å². The van der Waals surface area contributed by atoms with Crippen LogP contribution >= 0.6 is 11.3 Å². The number of nitrogens with two attached hydrogens (primary N) is 1. The van der Waals surface area contributed by atoms with E-state index in [1.54, 1.807) is 0 Å². The van der Waals surface area contributed by atoms with Crippen LogP contribution in [0, 0.1) is 0 Å². The highest BCUT2D eigenvalue weighted by Crippen LogP contribution is 2.41. The van der Waals surface area contributed by atoms with Crippen LogP contribution < -0.4 is 5.73 Å². The first-order valence-electron chi connectivity index (χ1n) is 11.2. The normalized spacial score (nSPS) is 11.3. The van der Waals surface area contributed by atoms with Crippen molar-refractivity contribution in [3.05, 3.63) is 121 Å². The zero-order valence-corrected chi connectivity index (χ0v) is 19.0. The Kier molecular flexibility index (Phi) is 5.03. The quantitative estimate of drug-likeness (QED) is 0.291. The lowest BCUT2D eigenvalue weighted by atomic mass is 9.96. The fourth-order valence-electron chi connectivity index (χ4n) is 4.55. The van der Waals surface area contributed by atoms with Crippen LogP contribution in [0.25, 0.3) is 53.6 Å². The summed E-state index contributed by atoms with van der Waals surface area (Å²) in [4.78, 5) is 0. The molecule has 1 nitrogen and oxygen atoms in total. The highest BCUT2D eigenvalue weighted by atomic mass is 32.1. The second kappa shape index (κ2) is 8.32. The van der Waals surface area contributed by atoms with Crippen molar-refractivity contribution in [2.45, 2.75) is 6.54 Å². The third kappa shape index (κ3) is 3.64. The Morgan fingerprint density at radius 1 is 0.515 bits per heavy atom. The third-order valence-corrected chi connectivity index (χ3v) is 7.46. The van der Waals surface area contributed by atoms with Gasteiger partial charge in [-0.15, -0.1) is 11.3 Å². The van der Waals surface area contributed by atoms with E-state index in [9.17, 15) is 0 Å². The summed E-state index contributed by atoms with van der Waals surface area (Å²) >= 11 is 1.86. The molecule has 6 rings (SSSR count). The van der Waals surface area contributed by atoms with Gasteiger partial charge in [-0.2, -0.15) is 0 Å². The number of rotatable bonds is 4. The Bertz CT molecular complexity index is 1560. The maximum Gasteiger partial charge on any atom is 0.0361 e. The number of thiophene rings is 1. The molecule has 1 heterocycles. The average molecular weight is 442 g/mol. The molecule has 0 atom stereocenters. The number of hydrogen-bond acceptors (Lipinski definition) is 2. The van der Waals surface area contributed by atoms with Gasteiger partial charge in [0, 0.05) is 26.7 Å². The first kappa shape index (κ1) is 19.9. The van der Waals surface area contributed by atoms with E-state index in [2.05, 4.69) is 115 Å². The molecule has 0 fully saturated rings. The fourth-order valence-corrected chi connectivity index (χ4v) is 5.67. The van der Waals surface area contributed by atoms with E-state index in [0.29, 0.717) is 6.54 Å². The summed E-state index contributed by atoms with van der Waals surface area (Å²) in [6.07, 6.45) is 0. The molecule has 6 aromatic rings. The number of fused-ring (bicyclic) bond motifs is 3. The summed E-state index contributed by atoms with van der Waals surface area (Å²) < 4.78 is 2.64. The molecular formula is C31H23NS. The van der Waals surface area contributed by atoms with Gasteiger partial charge in [-0.05, 0) is 57.1 Å². The highest BCUT2D eigenvalue weighted by molar-refractivity contribution is 7.25. The Morgan fingerprint density at radius 2 is 1.15 bits per heavy atom. The van der Waals surface area contributed by atoms with E-state index in [0.717, 1.165) is 5.56 Å². The average Bonchev–Trinajstić information content (AvgIpc) is 3.27. The largest absolute Gasteiger partial charge is 0.326 e. The van der Waals surface area contributed by atoms with Crippen molar-refractivity contribution in [1.29, 1.82) is 0 Å². The van der Waals surface area contributed by atoms with Gasteiger partial charge < -0.3 is 5.73 Å². The van der Waals surface area contributed by atoms with E-state index in [-0.39, 0.29) is 0 Å². The number of hydrogen-bond donors (Lipinski definition) is 1. The monoisotopic (exact) mass is 441 g/mol. The Labute approximate surface area is 197 Å². The van der Waals surface area contributed by atoms with Crippen molar-refractivity contribution in [1.82, 2.24) is 0 Å². The minimum absolute atomic E-state index is 0.568. The lowest BCUT2D eigenvalue weighted by Crippen LogP contribution is -1.95. The molecule has 2 heteroatoms. The molecule has 5 aromatic carbocycles. The lowest BCUT2D eigenvalue weighted by Gasteiger charge is -2.08. The van der Waals surface area contributed by atoms with Crippen LogP contribution in [0.3, 0.4) is 0 Å². The maximum absolute atomic E-state index is 5.80. The van der Waals surface area contributed by atoms with E-state index >= 15 is 0 Å². The smallest absolute Gasteiger partial charge is 0.0361 e. The van der Waals surface area contributed by atoms with Gasteiger partial charge in [-0.1, -0.05) is 97.1 Å². The Balaban J connectivity index is 1.46. The summed E-state index contributed by atoms with van der Waals surface area (Å²) in [6, 6.07) is 41.5. The van der Waals surface area contributed by atoms with Crippen molar-refractivity contribution < 1.29 is 0 Å². The van der Waals surface area contributed by atoms with Gasteiger partial charge in [0.2, 0.25) is 0 Å². The Morgan fingerprint density at radius 3 is 1.88 bits per heavy atom. The molecule has 33 heavy (non-hydrogen) atoms. The second-order valence-corrected chi connectivity index (χ2v) is 9.42.